The lowest BCUT2D eigenvalue weighted by molar-refractivity contribution is 0.247. The van der Waals surface area contributed by atoms with Gasteiger partial charge in [-0.15, -0.1) is 11.3 Å². The zero-order valence-corrected chi connectivity index (χ0v) is 13.2. The first-order valence-electron chi connectivity index (χ1n) is 7.95. The smallest absolute Gasteiger partial charge is 0.0248 e. The number of nitrogens with zero attached hydrogens (tertiary/aromatic N) is 1. The molecule has 1 aromatic heterocycles. The molecule has 2 heterocycles. The van der Waals surface area contributed by atoms with Crippen LogP contribution in [0.3, 0.4) is 0 Å². The van der Waals surface area contributed by atoms with E-state index in [1.165, 1.54) is 42.5 Å². The SMILES string of the molecule is c1cc(CNC2CC2)cc(CN2CCc3sccc3C2)c1. The Labute approximate surface area is 130 Å². The molecule has 1 saturated carbocycles. The number of hydrogen-bond acceptors (Lipinski definition) is 3. The Hall–Kier alpha value is -1.16. The molecule has 3 heteroatoms. The van der Waals surface area contributed by atoms with E-state index in [-0.39, 0.29) is 0 Å². The summed E-state index contributed by atoms with van der Waals surface area (Å²) in [6.07, 6.45) is 3.93. The molecule has 2 aliphatic rings. The van der Waals surface area contributed by atoms with Crippen LogP contribution in [0.25, 0.3) is 0 Å². The molecular weight excluding hydrogens is 276 g/mol. The highest BCUT2D eigenvalue weighted by Gasteiger charge is 2.20. The van der Waals surface area contributed by atoms with E-state index in [2.05, 4.69) is 45.9 Å². The van der Waals surface area contributed by atoms with Crippen molar-refractivity contribution >= 4 is 11.3 Å². The van der Waals surface area contributed by atoms with E-state index in [0.717, 1.165) is 25.7 Å². The molecule has 1 aliphatic heterocycles. The molecule has 4 rings (SSSR count). The van der Waals surface area contributed by atoms with Crippen LogP contribution < -0.4 is 5.32 Å². The van der Waals surface area contributed by atoms with Crippen LogP contribution in [0.4, 0.5) is 0 Å². The Morgan fingerprint density at radius 2 is 2.10 bits per heavy atom. The van der Waals surface area contributed by atoms with E-state index in [1.54, 1.807) is 4.88 Å². The zero-order valence-electron chi connectivity index (χ0n) is 12.3. The maximum absolute atomic E-state index is 3.60. The maximum atomic E-state index is 3.60. The fourth-order valence-corrected chi connectivity index (χ4v) is 3.98. The summed E-state index contributed by atoms with van der Waals surface area (Å²) in [5.74, 6) is 0. The van der Waals surface area contributed by atoms with Crippen LogP contribution in [0.5, 0.6) is 0 Å². The first-order valence-corrected chi connectivity index (χ1v) is 8.83. The molecule has 1 N–H and O–H groups in total. The number of rotatable bonds is 5. The summed E-state index contributed by atoms with van der Waals surface area (Å²) < 4.78 is 0. The average Bonchev–Trinajstić information content (AvgIpc) is 3.22. The van der Waals surface area contributed by atoms with Crippen LogP contribution in [-0.4, -0.2) is 17.5 Å². The van der Waals surface area contributed by atoms with Gasteiger partial charge < -0.3 is 5.32 Å². The lowest BCUT2D eigenvalue weighted by Crippen LogP contribution is -2.29. The molecule has 0 atom stereocenters. The minimum Gasteiger partial charge on any atom is -0.310 e. The van der Waals surface area contributed by atoms with Crippen molar-refractivity contribution in [2.45, 2.75) is 44.9 Å². The van der Waals surface area contributed by atoms with Crippen molar-refractivity contribution in [3.63, 3.8) is 0 Å². The van der Waals surface area contributed by atoms with Gasteiger partial charge >= 0.3 is 0 Å². The largest absolute Gasteiger partial charge is 0.310 e. The average molecular weight is 298 g/mol. The number of thiophene rings is 1. The second-order valence-corrected chi connectivity index (χ2v) is 7.31. The fraction of sp³-hybridized carbons (Fsp3) is 0.444. The van der Waals surface area contributed by atoms with Gasteiger partial charge in [0.2, 0.25) is 0 Å². The lowest BCUT2D eigenvalue weighted by Gasteiger charge is -2.27. The van der Waals surface area contributed by atoms with Crippen molar-refractivity contribution in [3.8, 4) is 0 Å². The van der Waals surface area contributed by atoms with E-state index < -0.39 is 0 Å². The molecule has 21 heavy (non-hydrogen) atoms. The minimum absolute atomic E-state index is 0.785. The monoisotopic (exact) mass is 298 g/mol. The van der Waals surface area contributed by atoms with Crippen LogP contribution in [-0.2, 0) is 26.1 Å². The maximum Gasteiger partial charge on any atom is 0.0248 e. The van der Waals surface area contributed by atoms with Crippen molar-refractivity contribution in [1.82, 2.24) is 10.2 Å². The normalized spacial score (nSPS) is 18.7. The zero-order chi connectivity index (χ0) is 14.1. The van der Waals surface area contributed by atoms with Crippen molar-refractivity contribution in [1.29, 1.82) is 0 Å². The van der Waals surface area contributed by atoms with E-state index in [4.69, 9.17) is 0 Å². The van der Waals surface area contributed by atoms with Gasteiger partial charge in [-0.1, -0.05) is 24.3 Å². The molecule has 0 bridgehead atoms. The lowest BCUT2D eigenvalue weighted by atomic mass is 10.1. The molecular formula is C18H22N2S. The Kier molecular flexibility index (Phi) is 3.80. The summed E-state index contributed by atoms with van der Waals surface area (Å²) in [5, 5.41) is 5.84. The van der Waals surface area contributed by atoms with Gasteiger partial charge in [0.05, 0.1) is 0 Å². The molecule has 1 aromatic carbocycles. The first-order chi connectivity index (χ1) is 10.4. The van der Waals surface area contributed by atoms with Gasteiger partial charge in [0.15, 0.2) is 0 Å². The molecule has 2 nitrogen and oxygen atoms in total. The van der Waals surface area contributed by atoms with E-state index in [1.807, 2.05) is 11.3 Å². The minimum atomic E-state index is 0.785. The third-order valence-electron chi connectivity index (χ3n) is 4.46. The number of benzene rings is 1. The molecule has 0 unspecified atom stereocenters. The predicted octanol–water partition coefficient (Wildman–Crippen LogP) is 3.56. The highest BCUT2D eigenvalue weighted by atomic mass is 32.1. The summed E-state index contributed by atoms with van der Waals surface area (Å²) in [7, 11) is 0. The molecule has 110 valence electrons. The van der Waals surface area contributed by atoms with Crippen LogP contribution in [0.15, 0.2) is 35.7 Å². The van der Waals surface area contributed by atoms with Crippen LogP contribution in [0, 0.1) is 0 Å². The van der Waals surface area contributed by atoms with Gasteiger partial charge in [0.1, 0.15) is 0 Å². The molecule has 0 saturated heterocycles. The van der Waals surface area contributed by atoms with Crippen LogP contribution in [0.1, 0.15) is 34.4 Å². The van der Waals surface area contributed by atoms with Gasteiger partial charge in [-0.3, -0.25) is 4.90 Å². The topological polar surface area (TPSA) is 15.3 Å². The van der Waals surface area contributed by atoms with E-state index in [0.29, 0.717) is 0 Å². The Balaban J connectivity index is 1.39. The van der Waals surface area contributed by atoms with Gasteiger partial charge in [-0.05, 0) is 47.4 Å². The predicted molar refractivity (Wildman–Crippen MR) is 88.4 cm³/mol. The summed E-state index contributed by atoms with van der Waals surface area (Å²) in [6, 6.07) is 12.2. The number of fused-ring (bicyclic) bond motifs is 1. The fourth-order valence-electron chi connectivity index (χ4n) is 3.09. The molecule has 1 aliphatic carbocycles. The summed E-state index contributed by atoms with van der Waals surface area (Å²) in [6.45, 7) is 4.40. The quantitative estimate of drug-likeness (QED) is 0.908. The van der Waals surface area contributed by atoms with Crippen LogP contribution >= 0.6 is 11.3 Å². The second kappa shape index (κ2) is 5.91. The van der Waals surface area contributed by atoms with Gasteiger partial charge in [-0.2, -0.15) is 0 Å². The molecule has 0 amide bonds. The standard InChI is InChI=1S/C18H22N2S/c1-2-14(11-19-17-4-5-17)10-15(3-1)12-20-8-6-18-16(13-20)7-9-21-18/h1-3,7,9-10,17,19H,4-6,8,11-13H2. The highest BCUT2D eigenvalue weighted by Crippen LogP contribution is 2.25. The number of hydrogen-bond donors (Lipinski definition) is 1. The summed E-state index contributed by atoms with van der Waals surface area (Å²) in [5.41, 5.74) is 4.41. The van der Waals surface area contributed by atoms with Crippen molar-refractivity contribution in [2.75, 3.05) is 6.54 Å². The van der Waals surface area contributed by atoms with E-state index in [9.17, 15) is 0 Å². The molecule has 2 aromatic rings. The second-order valence-electron chi connectivity index (χ2n) is 6.30. The Morgan fingerprint density at radius 3 is 3.00 bits per heavy atom. The van der Waals surface area contributed by atoms with Gasteiger partial charge in [0.25, 0.3) is 0 Å². The summed E-state index contributed by atoms with van der Waals surface area (Å²) >= 11 is 1.92. The van der Waals surface area contributed by atoms with Crippen molar-refractivity contribution in [3.05, 3.63) is 57.3 Å². The Bertz CT molecular complexity index is 615. The Morgan fingerprint density at radius 1 is 1.19 bits per heavy atom. The van der Waals surface area contributed by atoms with Crippen molar-refractivity contribution < 1.29 is 0 Å². The van der Waals surface area contributed by atoms with E-state index >= 15 is 0 Å². The first kappa shape index (κ1) is 13.5. The molecule has 0 spiro atoms. The third kappa shape index (κ3) is 3.37. The number of nitrogens with one attached hydrogen (secondary N) is 1. The van der Waals surface area contributed by atoms with Crippen LogP contribution in [0.2, 0.25) is 0 Å². The van der Waals surface area contributed by atoms with Gasteiger partial charge in [0, 0.05) is 37.1 Å². The van der Waals surface area contributed by atoms with Gasteiger partial charge in [-0.25, -0.2) is 0 Å². The molecule has 0 radical (unpaired) electrons. The molecule has 1 fully saturated rings. The summed E-state index contributed by atoms with van der Waals surface area (Å²) in [4.78, 5) is 4.16. The third-order valence-corrected chi connectivity index (χ3v) is 5.48. The highest BCUT2D eigenvalue weighted by molar-refractivity contribution is 7.10. The van der Waals surface area contributed by atoms with Crippen molar-refractivity contribution in [2.24, 2.45) is 0 Å².